The van der Waals surface area contributed by atoms with Gasteiger partial charge in [0.15, 0.2) is 0 Å². The van der Waals surface area contributed by atoms with Crippen LogP contribution < -0.4 is 0 Å². The van der Waals surface area contributed by atoms with Crippen molar-refractivity contribution in [3.63, 3.8) is 0 Å². The molecule has 2 heterocycles. The van der Waals surface area contributed by atoms with Crippen LogP contribution in [-0.2, 0) is 19.1 Å². The Kier molecular flexibility index (Phi) is 4.15. The molecule has 0 aromatic rings. The van der Waals surface area contributed by atoms with E-state index < -0.39 is 0 Å². The van der Waals surface area contributed by atoms with Crippen LogP contribution in [0.2, 0.25) is 0 Å². The number of hydrogen-bond acceptors (Lipinski definition) is 5. The minimum absolute atomic E-state index is 0.0164. The molecule has 5 nitrogen and oxygen atoms in total. The van der Waals surface area contributed by atoms with E-state index in [9.17, 15) is 9.59 Å². The molecule has 0 aromatic heterocycles. The molecule has 1 unspecified atom stereocenters. The molecule has 0 radical (unpaired) electrons. The zero-order chi connectivity index (χ0) is 19.8. The Morgan fingerprint density at radius 3 is 2.59 bits per heavy atom. The van der Waals surface area contributed by atoms with E-state index in [0.29, 0.717) is 35.8 Å². The number of carbonyl (C=O) groups is 2. The molecule has 160 valence electrons. The van der Waals surface area contributed by atoms with Crippen LogP contribution in [0.25, 0.3) is 0 Å². The van der Waals surface area contributed by atoms with Crippen molar-refractivity contribution in [2.45, 2.75) is 83.3 Å². The van der Waals surface area contributed by atoms with E-state index in [2.05, 4.69) is 4.90 Å². The Balaban J connectivity index is 1.24. The second-order valence-corrected chi connectivity index (χ2v) is 11.0. The van der Waals surface area contributed by atoms with Crippen LogP contribution in [0.3, 0.4) is 0 Å². The quantitative estimate of drug-likeness (QED) is 0.675. The predicted octanol–water partition coefficient (Wildman–Crippen LogP) is 3.55. The normalized spacial score (nSPS) is 43.7. The molecule has 6 aliphatic rings. The van der Waals surface area contributed by atoms with Crippen molar-refractivity contribution >= 4 is 11.9 Å². The standard InChI is InChI=1S/C24H35NO4/c1-2-28-22(27)18-4-3-13-25(18)14-16-15-5-7-23(9-10-23)17-6-8-24(11-12-24)19(17)20(15)29-21(16)26/h15-20H,2-14H2,1H3/t15?,16-,17+,18-,19-,20-/m0/s1. The van der Waals surface area contributed by atoms with Gasteiger partial charge in [-0.15, -0.1) is 0 Å². The van der Waals surface area contributed by atoms with Crippen LogP contribution in [0.15, 0.2) is 0 Å². The molecule has 4 saturated carbocycles. The van der Waals surface area contributed by atoms with E-state index in [1.54, 1.807) is 0 Å². The lowest BCUT2D eigenvalue weighted by molar-refractivity contribution is -0.151. The molecule has 29 heavy (non-hydrogen) atoms. The maximum atomic E-state index is 13.1. The lowest BCUT2D eigenvalue weighted by atomic mass is 9.73. The number of rotatable bonds is 4. The fraction of sp³-hybridized carbons (Fsp3) is 0.917. The van der Waals surface area contributed by atoms with Crippen molar-refractivity contribution in [3.8, 4) is 0 Å². The monoisotopic (exact) mass is 401 g/mol. The summed E-state index contributed by atoms with van der Waals surface area (Å²) in [5, 5.41) is 0. The van der Waals surface area contributed by atoms with Crippen LogP contribution in [0.1, 0.15) is 71.1 Å². The molecule has 2 saturated heterocycles. The van der Waals surface area contributed by atoms with Gasteiger partial charge in [0, 0.05) is 18.4 Å². The fourth-order valence-corrected chi connectivity index (χ4v) is 8.08. The molecule has 4 aliphatic carbocycles. The van der Waals surface area contributed by atoms with Gasteiger partial charge in [-0.2, -0.15) is 0 Å². The number of ether oxygens (including phenoxy) is 2. The fourth-order valence-electron chi connectivity index (χ4n) is 8.08. The summed E-state index contributed by atoms with van der Waals surface area (Å²) in [5.74, 6) is 1.62. The highest BCUT2D eigenvalue weighted by Crippen LogP contribution is 2.75. The lowest BCUT2D eigenvalue weighted by Gasteiger charge is -2.33. The van der Waals surface area contributed by atoms with E-state index in [0.717, 1.165) is 31.7 Å². The maximum absolute atomic E-state index is 13.1. The summed E-state index contributed by atoms with van der Waals surface area (Å²) in [4.78, 5) is 27.7. The van der Waals surface area contributed by atoms with Gasteiger partial charge >= 0.3 is 11.9 Å². The van der Waals surface area contributed by atoms with Gasteiger partial charge in [-0.25, -0.2) is 0 Å². The van der Waals surface area contributed by atoms with Gasteiger partial charge in [0.2, 0.25) is 0 Å². The molecule has 0 aromatic carbocycles. The highest BCUT2D eigenvalue weighted by molar-refractivity contribution is 5.77. The third-order valence-electron chi connectivity index (χ3n) is 9.84. The summed E-state index contributed by atoms with van der Waals surface area (Å²) < 4.78 is 11.5. The molecule has 2 spiro atoms. The average Bonchev–Trinajstić information content (AvgIpc) is 3.54. The lowest BCUT2D eigenvalue weighted by Crippen LogP contribution is -2.43. The minimum Gasteiger partial charge on any atom is -0.465 e. The third kappa shape index (κ3) is 2.75. The van der Waals surface area contributed by atoms with Crippen LogP contribution in [-0.4, -0.2) is 48.7 Å². The molecule has 2 aliphatic heterocycles. The molecular weight excluding hydrogens is 366 g/mol. The maximum Gasteiger partial charge on any atom is 0.323 e. The predicted molar refractivity (Wildman–Crippen MR) is 107 cm³/mol. The van der Waals surface area contributed by atoms with Crippen molar-refractivity contribution in [1.29, 1.82) is 0 Å². The second-order valence-electron chi connectivity index (χ2n) is 11.0. The summed E-state index contributed by atoms with van der Waals surface area (Å²) in [5.41, 5.74) is 1.09. The van der Waals surface area contributed by atoms with Crippen molar-refractivity contribution in [1.82, 2.24) is 4.90 Å². The third-order valence-corrected chi connectivity index (χ3v) is 9.84. The zero-order valence-corrected chi connectivity index (χ0v) is 17.7. The number of nitrogens with zero attached hydrogens (tertiary/aromatic N) is 1. The van der Waals surface area contributed by atoms with Crippen molar-refractivity contribution in [2.75, 3.05) is 19.7 Å². The number of esters is 2. The van der Waals surface area contributed by atoms with Crippen molar-refractivity contribution < 1.29 is 19.1 Å². The van der Waals surface area contributed by atoms with Gasteiger partial charge in [-0.1, -0.05) is 0 Å². The largest absolute Gasteiger partial charge is 0.465 e. The van der Waals surface area contributed by atoms with Gasteiger partial charge in [0.05, 0.1) is 12.5 Å². The van der Waals surface area contributed by atoms with Gasteiger partial charge in [0.1, 0.15) is 12.1 Å². The summed E-state index contributed by atoms with van der Waals surface area (Å²) in [6, 6.07) is -0.170. The van der Waals surface area contributed by atoms with Gasteiger partial charge in [-0.3, -0.25) is 14.5 Å². The molecule has 6 atom stereocenters. The number of fused-ring (bicyclic) bond motifs is 5. The summed E-state index contributed by atoms with van der Waals surface area (Å²) in [7, 11) is 0. The first kappa shape index (κ1) is 18.7. The van der Waals surface area contributed by atoms with E-state index in [4.69, 9.17) is 9.47 Å². The van der Waals surface area contributed by atoms with Crippen LogP contribution in [0.4, 0.5) is 0 Å². The molecule has 6 fully saturated rings. The zero-order valence-electron chi connectivity index (χ0n) is 17.7. The second kappa shape index (κ2) is 6.45. The topological polar surface area (TPSA) is 55.8 Å². The van der Waals surface area contributed by atoms with Crippen molar-refractivity contribution in [2.24, 2.45) is 34.5 Å². The first-order chi connectivity index (χ1) is 14.1. The van der Waals surface area contributed by atoms with E-state index >= 15 is 0 Å². The molecule has 0 N–H and O–H groups in total. The molecule has 6 rings (SSSR count). The number of hydrogen-bond donors (Lipinski definition) is 0. The minimum atomic E-state index is -0.170. The van der Waals surface area contributed by atoms with Crippen molar-refractivity contribution in [3.05, 3.63) is 0 Å². The SMILES string of the molecule is CCOC(=O)[C@@H]1CCCN1C[C@@H]1C(=O)O[C@H]2C1CCC1(CC1)[C@@H]1CCC3(CC3)[C@@H]12. The van der Waals surface area contributed by atoms with E-state index in [-0.39, 0.29) is 30.0 Å². The summed E-state index contributed by atoms with van der Waals surface area (Å²) in [6.07, 6.45) is 12.7. The number of carbonyl (C=O) groups excluding carboxylic acids is 2. The Bertz CT molecular complexity index is 712. The first-order valence-corrected chi connectivity index (χ1v) is 12.2. The Morgan fingerprint density at radius 1 is 1.10 bits per heavy atom. The van der Waals surface area contributed by atoms with Crippen LogP contribution in [0, 0.1) is 34.5 Å². The molecule has 0 bridgehead atoms. The molecule has 0 amide bonds. The Hall–Kier alpha value is -1.10. The Morgan fingerprint density at radius 2 is 1.86 bits per heavy atom. The highest BCUT2D eigenvalue weighted by Gasteiger charge is 2.69. The van der Waals surface area contributed by atoms with Gasteiger partial charge in [-0.05, 0) is 94.4 Å². The van der Waals surface area contributed by atoms with E-state index in [1.807, 2.05) is 6.92 Å². The highest BCUT2D eigenvalue weighted by atomic mass is 16.6. The van der Waals surface area contributed by atoms with Crippen LogP contribution in [0.5, 0.6) is 0 Å². The Labute approximate surface area is 173 Å². The van der Waals surface area contributed by atoms with E-state index in [1.165, 1.54) is 44.9 Å². The average molecular weight is 402 g/mol. The molecule has 5 heteroatoms. The van der Waals surface area contributed by atoms with Gasteiger partial charge in [0.25, 0.3) is 0 Å². The van der Waals surface area contributed by atoms with Crippen LogP contribution >= 0.6 is 0 Å². The van der Waals surface area contributed by atoms with Gasteiger partial charge < -0.3 is 9.47 Å². The number of likely N-dealkylation sites (tertiary alicyclic amines) is 1. The first-order valence-electron chi connectivity index (χ1n) is 12.2. The smallest absolute Gasteiger partial charge is 0.323 e. The molecular formula is C24H35NO4. The summed E-state index contributed by atoms with van der Waals surface area (Å²) in [6.45, 7) is 3.86. The summed E-state index contributed by atoms with van der Waals surface area (Å²) >= 11 is 0.